The highest BCUT2D eigenvalue weighted by Gasteiger charge is 2.30. The van der Waals surface area contributed by atoms with Crippen LogP contribution in [0.3, 0.4) is 0 Å². The topological polar surface area (TPSA) is 105 Å². The first-order valence-corrected chi connectivity index (χ1v) is 15.4. The van der Waals surface area contributed by atoms with Crippen LogP contribution in [0.25, 0.3) is 0 Å². The molecule has 0 aliphatic carbocycles. The van der Waals surface area contributed by atoms with E-state index in [1.165, 1.54) is 95.2 Å². The number of benzene rings is 1. The number of phosphoric acid groups is 1. The van der Waals surface area contributed by atoms with Crippen molar-refractivity contribution in [2.45, 2.75) is 110 Å². The molecular formula is C27H50N2O6P+. The molecule has 8 nitrogen and oxygen atoms in total. The number of hydrogen-bond donors (Lipinski definition) is 1. The summed E-state index contributed by atoms with van der Waals surface area (Å²) in [7, 11) is -0.140. The lowest BCUT2D eigenvalue weighted by Gasteiger charge is -2.30. The van der Waals surface area contributed by atoms with Crippen LogP contribution in [-0.2, 0) is 11.1 Å². The van der Waals surface area contributed by atoms with Crippen molar-refractivity contribution in [2.75, 3.05) is 27.2 Å². The Labute approximate surface area is 219 Å². The normalized spacial score (nSPS) is 13.5. The number of hydrogen-bond acceptors (Lipinski definition) is 6. The summed E-state index contributed by atoms with van der Waals surface area (Å²) in [4.78, 5) is 32.8. The lowest BCUT2D eigenvalue weighted by atomic mass is 10.0. The van der Waals surface area contributed by atoms with Gasteiger partial charge in [0.1, 0.15) is 6.54 Å². The monoisotopic (exact) mass is 529 g/mol. The fraction of sp³-hybridized carbons (Fsp3) is 0.778. The van der Waals surface area contributed by atoms with Crippen molar-refractivity contribution in [2.24, 2.45) is 0 Å². The number of quaternary nitrogens is 1. The van der Waals surface area contributed by atoms with Gasteiger partial charge >= 0.3 is 8.17 Å². The lowest BCUT2D eigenvalue weighted by Crippen LogP contribution is -2.39. The van der Waals surface area contributed by atoms with E-state index >= 15 is 0 Å². The standard InChI is InChI=1S/C27H49N2O6P/c1-5-7-8-9-10-11-12-13-14-15-16-17-18-19-22-29(3,4)24-25-23-26(20-21-27(25)28(30)31)35-36(32,33)34-6-2/h20-21,23H,5-19,22,24H2,1-4H3/p+1. The van der Waals surface area contributed by atoms with Gasteiger partial charge in [0, 0.05) is 12.1 Å². The van der Waals surface area contributed by atoms with E-state index in [0.717, 1.165) is 19.4 Å². The van der Waals surface area contributed by atoms with Crippen molar-refractivity contribution in [3.8, 4) is 5.75 Å². The van der Waals surface area contributed by atoms with Gasteiger partial charge in [-0.1, -0.05) is 84.0 Å². The molecular weight excluding hydrogens is 479 g/mol. The molecule has 0 fully saturated rings. The predicted octanol–water partition coefficient (Wildman–Crippen LogP) is 7.10. The van der Waals surface area contributed by atoms with Gasteiger partial charge in [0.2, 0.25) is 0 Å². The average molecular weight is 530 g/mol. The molecule has 1 aromatic rings. The van der Waals surface area contributed by atoms with Crippen molar-refractivity contribution in [1.29, 1.82) is 0 Å². The molecule has 1 aromatic carbocycles. The zero-order valence-corrected chi connectivity index (χ0v) is 24.0. The first-order valence-electron chi connectivity index (χ1n) is 13.9. The van der Waals surface area contributed by atoms with Crippen LogP contribution >= 0.6 is 8.17 Å². The van der Waals surface area contributed by atoms with Gasteiger partial charge in [0.25, 0.3) is 5.69 Å². The van der Waals surface area contributed by atoms with Crippen LogP contribution in [0.15, 0.2) is 18.2 Å². The summed E-state index contributed by atoms with van der Waals surface area (Å²) in [6.07, 6.45) is 18.4. The second-order valence-electron chi connectivity index (χ2n) is 10.4. The van der Waals surface area contributed by atoms with E-state index in [1.54, 1.807) is 6.92 Å². The molecule has 0 radical (unpaired) electrons. The zero-order valence-electron chi connectivity index (χ0n) is 23.1. The van der Waals surface area contributed by atoms with E-state index in [2.05, 4.69) is 21.0 Å². The summed E-state index contributed by atoms with van der Waals surface area (Å²) < 4.78 is 10.4. The first-order chi connectivity index (χ1) is 17.1. The molecule has 1 N–H and O–H groups in total. The molecule has 1 unspecified atom stereocenters. The smallest absolute Gasteiger partial charge is 0.426 e. The van der Waals surface area contributed by atoms with E-state index in [4.69, 9.17) is 9.05 Å². The molecule has 0 aliphatic rings. The van der Waals surface area contributed by atoms with Crippen molar-refractivity contribution in [3.63, 3.8) is 0 Å². The Morgan fingerprint density at radius 1 is 0.889 bits per heavy atom. The Balaban J connectivity index is 2.35. The second-order valence-corrected chi connectivity index (χ2v) is 11.8. The Morgan fingerprint density at radius 2 is 1.39 bits per heavy atom. The number of rotatable bonds is 22. The van der Waals surface area contributed by atoms with Gasteiger partial charge in [0.05, 0.1) is 37.7 Å². The maximum absolute atomic E-state index is 11.9. The van der Waals surface area contributed by atoms with Crippen LogP contribution in [-0.4, -0.2) is 41.5 Å². The first kappa shape index (κ1) is 32.7. The Bertz CT molecular complexity index is 745. The number of nitro benzene ring substituents is 1. The minimum Gasteiger partial charge on any atom is -0.598 e. The fourth-order valence-corrected chi connectivity index (χ4v) is 5.28. The third kappa shape index (κ3) is 15.1. The summed E-state index contributed by atoms with van der Waals surface area (Å²) in [5, 5.41) is 11.5. The third-order valence-electron chi connectivity index (χ3n) is 6.48. The van der Waals surface area contributed by atoms with Crippen molar-refractivity contribution >= 4 is 13.9 Å². The zero-order chi connectivity index (χ0) is 26.9. The number of nitrogens with zero attached hydrogens (tertiary/aromatic N) is 2. The third-order valence-corrected chi connectivity index (χ3v) is 7.50. The second kappa shape index (κ2) is 18.0. The maximum Gasteiger partial charge on any atom is 0.426 e. The lowest BCUT2D eigenvalue weighted by molar-refractivity contribution is -0.904. The molecule has 0 amide bonds. The van der Waals surface area contributed by atoms with Gasteiger partial charge in [-0.05, 0) is 25.8 Å². The quantitative estimate of drug-likeness (QED) is 0.0565. The van der Waals surface area contributed by atoms with Gasteiger partial charge in [-0.15, -0.1) is 0 Å². The molecule has 208 valence electrons. The largest absolute Gasteiger partial charge is 0.598 e. The predicted molar refractivity (Wildman–Crippen MR) is 145 cm³/mol. The minimum absolute atomic E-state index is 0.0151. The molecule has 36 heavy (non-hydrogen) atoms. The van der Waals surface area contributed by atoms with Gasteiger partial charge in [-0.25, -0.2) is 0 Å². The van der Waals surface area contributed by atoms with E-state index in [9.17, 15) is 19.9 Å². The summed E-state index contributed by atoms with van der Waals surface area (Å²) >= 11 is 0. The van der Waals surface area contributed by atoms with Gasteiger partial charge < -0.3 is 9.38 Å². The molecule has 0 aromatic heterocycles. The average Bonchev–Trinajstić information content (AvgIpc) is 2.78. The Kier molecular flexibility index (Phi) is 16.4. The summed E-state index contributed by atoms with van der Waals surface area (Å²) in [5.74, 6) is 0.0892. The van der Waals surface area contributed by atoms with Gasteiger partial charge in [-0.3, -0.25) is 14.6 Å². The summed E-state index contributed by atoms with van der Waals surface area (Å²) in [5.41, 5.74) is 0.461. The highest BCUT2D eigenvalue weighted by Crippen LogP contribution is 2.48. The molecule has 1 rings (SSSR count). The van der Waals surface area contributed by atoms with E-state index in [1.807, 2.05) is 0 Å². The van der Waals surface area contributed by atoms with Crippen molar-refractivity contribution in [1.82, 2.24) is 0 Å². The molecule has 9 heteroatoms. The van der Waals surface area contributed by atoms with Crippen LogP contribution in [0.2, 0.25) is 0 Å². The van der Waals surface area contributed by atoms with Crippen LogP contribution in [0.1, 0.15) is 109 Å². The van der Waals surface area contributed by atoms with Crippen LogP contribution in [0.5, 0.6) is 5.75 Å². The number of phosphoric ester groups is 1. The molecule has 1 atom stereocenters. The molecule has 0 saturated heterocycles. The van der Waals surface area contributed by atoms with Crippen molar-refractivity contribution in [3.05, 3.63) is 33.9 Å². The molecule has 0 bridgehead atoms. The van der Waals surface area contributed by atoms with Gasteiger partial charge in [0.15, 0.2) is 5.75 Å². The SMILES string of the molecule is CCCCCCCCCCCCCCCC[N+](C)(C)Cc1cc(O[P+]([O-])(O)OCC)ccc1[N+](=O)[O-]. The Morgan fingerprint density at radius 3 is 1.86 bits per heavy atom. The highest BCUT2D eigenvalue weighted by molar-refractivity contribution is 7.53. The van der Waals surface area contributed by atoms with Gasteiger partial charge in [-0.2, -0.15) is 9.42 Å². The molecule has 0 aliphatic heterocycles. The number of nitro groups is 1. The molecule has 0 spiro atoms. The molecule has 0 heterocycles. The van der Waals surface area contributed by atoms with Crippen LogP contribution < -0.4 is 9.42 Å². The number of unbranched alkanes of at least 4 members (excludes halogenated alkanes) is 13. The maximum atomic E-state index is 11.9. The van der Waals surface area contributed by atoms with Crippen molar-refractivity contribution < 1.29 is 28.2 Å². The minimum atomic E-state index is -4.24. The van der Waals surface area contributed by atoms with E-state index < -0.39 is 13.1 Å². The summed E-state index contributed by atoms with van der Waals surface area (Å²) in [6.45, 7) is 5.20. The molecule has 0 saturated carbocycles. The van der Waals surface area contributed by atoms with Crippen LogP contribution in [0, 0.1) is 10.1 Å². The van der Waals surface area contributed by atoms with E-state index in [0.29, 0.717) is 16.6 Å². The Hall–Kier alpha value is -1.31. The highest BCUT2D eigenvalue weighted by atomic mass is 31.2. The summed E-state index contributed by atoms with van der Waals surface area (Å²) in [6, 6.07) is 4.13. The van der Waals surface area contributed by atoms with E-state index in [-0.39, 0.29) is 18.0 Å². The fourth-order valence-electron chi connectivity index (χ4n) is 4.52. The van der Waals surface area contributed by atoms with Crippen LogP contribution in [0.4, 0.5) is 5.69 Å².